The van der Waals surface area contributed by atoms with Crippen molar-refractivity contribution in [3.8, 4) is 0 Å². The molecule has 0 aliphatic heterocycles. The first-order valence-corrected chi connectivity index (χ1v) is 5.69. The molecular weight excluding hydrogens is 231 g/mol. The van der Waals surface area contributed by atoms with Gasteiger partial charge in [0.15, 0.2) is 0 Å². The number of rotatable bonds is 3. The van der Waals surface area contributed by atoms with Crippen molar-refractivity contribution in [2.45, 2.75) is 13.0 Å². The van der Waals surface area contributed by atoms with Gasteiger partial charge >= 0.3 is 0 Å². The van der Waals surface area contributed by atoms with Gasteiger partial charge in [-0.1, -0.05) is 18.2 Å². The summed E-state index contributed by atoms with van der Waals surface area (Å²) in [5, 5.41) is 2.72. The van der Waals surface area contributed by atoms with E-state index < -0.39 is 0 Å². The van der Waals surface area contributed by atoms with Crippen LogP contribution in [-0.4, -0.2) is 5.91 Å². The number of hydrogen-bond acceptors (Lipinski definition) is 2. The second-order valence-corrected chi connectivity index (χ2v) is 4.02. The number of amides is 1. The Morgan fingerprint density at radius 2 is 2.28 bits per heavy atom. The lowest BCUT2D eigenvalue weighted by atomic mass is 10.0. The molecule has 0 saturated carbocycles. The summed E-state index contributed by atoms with van der Waals surface area (Å²) >= 11 is 0. The predicted octanol–water partition coefficient (Wildman–Crippen LogP) is 1.82. The largest absolute Gasteiger partial charge is 0.398 e. The number of carbonyl (C=O) groups is 1. The Balaban J connectivity index is 1.98. The van der Waals surface area contributed by atoms with Crippen LogP contribution < -0.4 is 11.1 Å². The van der Waals surface area contributed by atoms with Crippen LogP contribution in [0.5, 0.6) is 0 Å². The smallest absolute Gasteiger partial charge is 0.249 e. The van der Waals surface area contributed by atoms with E-state index in [2.05, 4.69) is 5.32 Å². The van der Waals surface area contributed by atoms with Gasteiger partial charge in [-0.25, -0.2) is 4.39 Å². The maximum absolute atomic E-state index is 13.0. The number of nitrogens with one attached hydrogen (secondary N) is 1. The van der Waals surface area contributed by atoms with E-state index in [1.807, 2.05) is 6.08 Å². The van der Waals surface area contributed by atoms with Crippen molar-refractivity contribution < 1.29 is 9.18 Å². The fourth-order valence-corrected chi connectivity index (χ4v) is 1.74. The molecule has 1 radical (unpaired) electrons. The lowest BCUT2D eigenvalue weighted by Crippen LogP contribution is -2.27. The molecule has 1 amide bonds. The van der Waals surface area contributed by atoms with Gasteiger partial charge in [-0.2, -0.15) is 0 Å². The second-order valence-electron chi connectivity index (χ2n) is 4.02. The van der Waals surface area contributed by atoms with Crippen LogP contribution in [0.3, 0.4) is 0 Å². The molecule has 0 heterocycles. The molecule has 3 N–H and O–H groups in total. The molecule has 0 saturated heterocycles. The summed E-state index contributed by atoms with van der Waals surface area (Å²) in [6, 6.07) is 6.12. The van der Waals surface area contributed by atoms with E-state index in [0.29, 0.717) is 23.3 Å². The van der Waals surface area contributed by atoms with Gasteiger partial charge in [-0.3, -0.25) is 4.79 Å². The van der Waals surface area contributed by atoms with Crippen molar-refractivity contribution >= 4 is 5.91 Å². The van der Waals surface area contributed by atoms with Gasteiger partial charge in [0.2, 0.25) is 5.91 Å². The summed E-state index contributed by atoms with van der Waals surface area (Å²) in [7, 11) is 0. The average Bonchev–Trinajstić information content (AvgIpc) is 2.37. The maximum atomic E-state index is 13.0. The SMILES string of the molecule is NC1=C(C(=O)NCc2cccc(F)c2)[CH]CC=C1. The number of hydrogen-bond donors (Lipinski definition) is 2. The van der Waals surface area contributed by atoms with Crippen molar-refractivity contribution in [2.24, 2.45) is 5.73 Å². The van der Waals surface area contributed by atoms with Gasteiger partial charge in [-0.15, -0.1) is 0 Å². The van der Waals surface area contributed by atoms with E-state index in [1.54, 1.807) is 24.6 Å². The van der Waals surface area contributed by atoms with Crippen LogP contribution in [0.25, 0.3) is 0 Å². The van der Waals surface area contributed by atoms with E-state index in [9.17, 15) is 9.18 Å². The molecule has 0 unspecified atom stereocenters. The van der Waals surface area contributed by atoms with Crippen LogP contribution >= 0.6 is 0 Å². The standard InChI is InChI=1S/C14H14FN2O/c15-11-5-3-4-10(8-11)9-17-14(18)12-6-1-2-7-13(12)16/h2-8H,1,9,16H2,(H,17,18). The van der Waals surface area contributed by atoms with Crippen LogP contribution in [0, 0.1) is 12.2 Å². The van der Waals surface area contributed by atoms with Crippen LogP contribution in [0.4, 0.5) is 4.39 Å². The van der Waals surface area contributed by atoms with Crippen LogP contribution in [0.1, 0.15) is 12.0 Å². The molecule has 4 heteroatoms. The third kappa shape index (κ3) is 2.97. The van der Waals surface area contributed by atoms with Crippen molar-refractivity contribution in [2.75, 3.05) is 0 Å². The Labute approximate surface area is 105 Å². The summed E-state index contributed by atoms with van der Waals surface area (Å²) in [4.78, 5) is 11.9. The van der Waals surface area contributed by atoms with Gasteiger partial charge in [0.25, 0.3) is 0 Å². The number of carbonyl (C=O) groups excluding carboxylic acids is 1. The minimum atomic E-state index is -0.312. The fourth-order valence-electron chi connectivity index (χ4n) is 1.74. The normalized spacial score (nSPS) is 14.7. The highest BCUT2D eigenvalue weighted by Gasteiger charge is 2.14. The molecule has 0 fully saturated rings. The first kappa shape index (κ1) is 12.4. The van der Waals surface area contributed by atoms with Crippen molar-refractivity contribution in [1.29, 1.82) is 0 Å². The Bertz CT molecular complexity index is 520. The highest BCUT2D eigenvalue weighted by atomic mass is 19.1. The van der Waals surface area contributed by atoms with Crippen molar-refractivity contribution in [3.05, 3.63) is 65.5 Å². The summed E-state index contributed by atoms with van der Waals surface area (Å²) in [5.41, 5.74) is 7.37. The molecule has 18 heavy (non-hydrogen) atoms. The van der Waals surface area contributed by atoms with Crippen LogP contribution in [0.2, 0.25) is 0 Å². The predicted molar refractivity (Wildman–Crippen MR) is 67.5 cm³/mol. The van der Waals surface area contributed by atoms with Crippen molar-refractivity contribution in [1.82, 2.24) is 5.32 Å². The fraction of sp³-hybridized carbons (Fsp3) is 0.143. The van der Waals surface area contributed by atoms with E-state index in [-0.39, 0.29) is 18.3 Å². The first-order chi connectivity index (χ1) is 8.66. The number of halogens is 1. The molecular formula is C14H14FN2O. The number of allylic oxidation sites excluding steroid dienone is 2. The second kappa shape index (κ2) is 5.49. The summed E-state index contributed by atoms with van der Waals surface area (Å²) in [6.07, 6.45) is 6.08. The molecule has 1 aromatic rings. The lowest BCUT2D eigenvalue weighted by molar-refractivity contribution is -0.117. The molecule has 0 bridgehead atoms. The molecule has 0 aromatic heterocycles. The third-order valence-electron chi connectivity index (χ3n) is 2.65. The Kier molecular flexibility index (Phi) is 3.77. The third-order valence-corrected chi connectivity index (χ3v) is 2.65. The Morgan fingerprint density at radius 3 is 3.00 bits per heavy atom. The summed E-state index contributed by atoms with van der Waals surface area (Å²) in [6.45, 7) is 0.283. The van der Waals surface area contributed by atoms with E-state index in [1.165, 1.54) is 12.1 Å². The zero-order valence-electron chi connectivity index (χ0n) is 9.82. The van der Waals surface area contributed by atoms with E-state index >= 15 is 0 Å². The van der Waals surface area contributed by atoms with E-state index in [4.69, 9.17) is 5.73 Å². The van der Waals surface area contributed by atoms with Gasteiger partial charge in [0.1, 0.15) is 5.82 Å². The quantitative estimate of drug-likeness (QED) is 0.853. The highest BCUT2D eigenvalue weighted by molar-refractivity contribution is 5.96. The minimum absolute atomic E-state index is 0.235. The number of nitrogens with two attached hydrogens (primary N) is 1. The maximum Gasteiger partial charge on any atom is 0.249 e. The van der Waals surface area contributed by atoms with E-state index in [0.717, 1.165) is 0 Å². The molecule has 1 aromatic carbocycles. The first-order valence-electron chi connectivity index (χ1n) is 5.69. The van der Waals surface area contributed by atoms with Gasteiger partial charge < -0.3 is 11.1 Å². The highest BCUT2D eigenvalue weighted by Crippen LogP contribution is 2.14. The van der Waals surface area contributed by atoms with Crippen LogP contribution in [0.15, 0.2) is 47.7 Å². The zero-order valence-corrected chi connectivity index (χ0v) is 9.82. The molecule has 0 spiro atoms. The minimum Gasteiger partial charge on any atom is -0.398 e. The monoisotopic (exact) mass is 245 g/mol. The topological polar surface area (TPSA) is 55.1 Å². The molecule has 1 aliphatic rings. The molecule has 93 valence electrons. The van der Waals surface area contributed by atoms with Gasteiger partial charge in [-0.05, 0) is 30.2 Å². The Morgan fingerprint density at radius 1 is 1.44 bits per heavy atom. The molecule has 2 rings (SSSR count). The molecule has 3 nitrogen and oxygen atoms in total. The molecule has 0 atom stereocenters. The number of benzene rings is 1. The zero-order chi connectivity index (χ0) is 13.0. The summed E-state index contributed by atoms with van der Waals surface area (Å²) in [5.74, 6) is -0.547. The van der Waals surface area contributed by atoms with Gasteiger partial charge in [0.05, 0.1) is 0 Å². The van der Waals surface area contributed by atoms with Gasteiger partial charge in [0, 0.05) is 24.2 Å². The average molecular weight is 245 g/mol. The van der Waals surface area contributed by atoms with Crippen molar-refractivity contribution in [3.63, 3.8) is 0 Å². The lowest BCUT2D eigenvalue weighted by Gasteiger charge is -2.12. The van der Waals surface area contributed by atoms with Crippen LogP contribution in [-0.2, 0) is 11.3 Å². The summed E-state index contributed by atoms with van der Waals surface area (Å²) < 4.78 is 13.0. The Hall–Kier alpha value is -2.10. The molecule has 1 aliphatic carbocycles.